The molecule has 2 unspecified atom stereocenters. The molecule has 0 amide bonds. The van der Waals surface area contributed by atoms with Crippen molar-refractivity contribution in [1.29, 1.82) is 0 Å². The molecule has 3 rings (SSSR count). The van der Waals surface area contributed by atoms with Gasteiger partial charge < -0.3 is 10.8 Å². The maximum Gasteiger partial charge on any atom is 0.0546 e. The van der Waals surface area contributed by atoms with Crippen LogP contribution in [0.3, 0.4) is 0 Å². The summed E-state index contributed by atoms with van der Waals surface area (Å²) in [5, 5.41) is 9.83. The van der Waals surface area contributed by atoms with E-state index in [1.807, 2.05) is 0 Å². The summed E-state index contributed by atoms with van der Waals surface area (Å²) in [5.74, 6) is 1.63. The molecule has 0 heterocycles. The normalized spacial score (nSPS) is 57.0. The minimum Gasteiger partial charge on any atom is -0.393 e. The van der Waals surface area contributed by atoms with Gasteiger partial charge in [0.05, 0.1) is 6.10 Å². The van der Waals surface area contributed by atoms with Crippen molar-refractivity contribution in [2.24, 2.45) is 23.0 Å². The topological polar surface area (TPSA) is 46.2 Å². The summed E-state index contributed by atoms with van der Waals surface area (Å²) in [6.45, 7) is 0. The van der Waals surface area contributed by atoms with Crippen molar-refractivity contribution in [3.8, 4) is 0 Å². The first-order chi connectivity index (χ1) is 6.72. The summed E-state index contributed by atoms with van der Waals surface area (Å²) in [5.41, 5.74) is 6.73. The Bertz CT molecular complexity index is 238. The summed E-state index contributed by atoms with van der Waals surface area (Å²) >= 11 is 0. The van der Waals surface area contributed by atoms with E-state index < -0.39 is 0 Å². The van der Waals surface area contributed by atoms with Crippen LogP contribution in [0, 0.1) is 17.3 Å². The zero-order valence-electron chi connectivity index (χ0n) is 8.78. The van der Waals surface area contributed by atoms with Gasteiger partial charge in [-0.25, -0.2) is 0 Å². The maximum absolute atomic E-state index is 9.83. The minimum atomic E-state index is -0.0610. The second-order valence-corrected chi connectivity index (χ2v) is 5.78. The number of fused-ring (bicyclic) bond motifs is 3. The molecule has 0 aliphatic heterocycles. The average Bonchev–Trinajstić information content (AvgIpc) is 2.71. The van der Waals surface area contributed by atoms with Gasteiger partial charge in [-0.3, -0.25) is 0 Å². The predicted octanol–water partition coefficient (Wildman–Crippen LogP) is 1.66. The van der Waals surface area contributed by atoms with Crippen molar-refractivity contribution in [2.75, 3.05) is 0 Å². The van der Waals surface area contributed by atoms with Gasteiger partial charge in [-0.15, -0.1) is 0 Å². The first-order valence-corrected chi connectivity index (χ1v) is 6.16. The smallest absolute Gasteiger partial charge is 0.0546 e. The summed E-state index contributed by atoms with van der Waals surface area (Å²) < 4.78 is 0. The fraction of sp³-hybridized carbons (Fsp3) is 1.00. The molecule has 1 spiro atoms. The van der Waals surface area contributed by atoms with Crippen molar-refractivity contribution < 1.29 is 5.11 Å². The molecule has 3 saturated carbocycles. The van der Waals surface area contributed by atoms with E-state index in [-0.39, 0.29) is 6.10 Å². The highest BCUT2D eigenvalue weighted by Gasteiger charge is 2.57. The van der Waals surface area contributed by atoms with E-state index in [9.17, 15) is 5.11 Å². The van der Waals surface area contributed by atoms with Crippen LogP contribution in [0.15, 0.2) is 0 Å². The zero-order valence-corrected chi connectivity index (χ0v) is 8.78. The van der Waals surface area contributed by atoms with Crippen molar-refractivity contribution in [1.82, 2.24) is 0 Å². The second-order valence-electron chi connectivity index (χ2n) is 5.78. The van der Waals surface area contributed by atoms with E-state index in [0.717, 1.165) is 24.7 Å². The number of hydrogen-bond acceptors (Lipinski definition) is 2. The first kappa shape index (κ1) is 9.17. The van der Waals surface area contributed by atoms with Gasteiger partial charge >= 0.3 is 0 Å². The highest BCUT2D eigenvalue weighted by Crippen LogP contribution is 2.60. The Balaban J connectivity index is 1.87. The van der Waals surface area contributed by atoms with Gasteiger partial charge in [0.15, 0.2) is 0 Å². The summed E-state index contributed by atoms with van der Waals surface area (Å²) in [6.07, 6.45) is 8.50. The Morgan fingerprint density at radius 1 is 1.21 bits per heavy atom. The van der Waals surface area contributed by atoms with Crippen LogP contribution in [0.5, 0.6) is 0 Å². The first-order valence-electron chi connectivity index (χ1n) is 6.16. The lowest BCUT2D eigenvalue weighted by Gasteiger charge is -2.46. The molecule has 0 aromatic rings. The zero-order chi connectivity index (χ0) is 9.76. The van der Waals surface area contributed by atoms with Gasteiger partial charge in [0.2, 0.25) is 0 Å². The maximum atomic E-state index is 9.83. The Morgan fingerprint density at radius 3 is 2.71 bits per heavy atom. The third kappa shape index (κ3) is 1.04. The molecule has 3 aliphatic rings. The number of rotatable bonds is 0. The summed E-state index contributed by atoms with van der Waals surface area (Å²) in [7, 11) is 0. The van der Waals surface area contributed by atoms with Crippen LogP contribution in [0.25, 0.3) is 0 Å². The molecule has 2 bridgehead atoms. The lowest BCUT2D eigenvalue weighted by Crippen LogP contribution is -2.49. The number of nitrogens with two attached hydrogens (primary N) is 1. The lowest BCUT2D eigenvalue weighted by atomic mass is 9.61. The van der Waals surface area contributed by atoms with Crippen LogP contribution >= 0.6 is 0 Å². The number of aliphatic hydroxyl groups is 1. The van der Waals surface area contributed by atoms with E-state index in [1.165, 1.54) is 32.1 Å². The van der Waals surface area contributed by atoms with Crippen LogP contribution < -0.4 is 5.73 Å². The van der Waals surface area contributed by atoms with Gasteiger partial charge in [0, 0.05) is 6.04 Å². The second kappa shape index (κ2) is 2.96. The van der Waals surface area contributed by atoms with Crippen molar-refractivity contribution in [3.63, 3.8) is 0 Å². The molecule has 0 aromatic heterocycles. The monoisotopic (exact) mass is 195 g/mol. The van der Waals surface area contributed by atoms with Crippen LogP contribution in [-0.2, 0) is 0 Å². The molecular weight excluding hydrogens is 174 g/mol. The largest absolute Gasteiger partial charge is 0.393 e. The third-order valence-electron chi connectivity index (χ3n) is 5.25. The molecule has 14 heavy (non-hydrogen) atoms. The van der Waals surface area contributed by atoms with E-state index >= 15 is 0 Å². The van der Waals surface area contributed by atoms with Crippen LogP contribution in [0.1, 0.15) is 44.9 Å². The SMILES string of the molecule is N[C@@H]1[C@@H]2CC[C@@H](C2)C12CCCC(O)C2. The average molecular weight is 195 g/mol. The molecule has 0 saturated heterocycles. The Morgan fingerprint density at radius 2 is 2.07 bits per heavy atom. The van der Waals surface area contributed by atoms with Crippen LogP contribution in [0.4, 0.5) is 0 Å². The Hall–Kier alpha value is -0.0800. The molecule has 0 radical (unpaired) electrons. The molecular formula is C12H21NO. The van der Waals surface area contributed by atoms with E-state index in [4.69, 9.17) is 5.73 Å². The molecule has 0 aromatic carbocycles. The molecule has 3 aliphatic carbocycles. The molecule has 5 atom stereocenters. The summed E-state index contributed by atoms with van der Waals surface area (Å²) in [6, 6.07) is 0.399. The fourth-order valence-corrected chi connectivity index (χ4v) is 4.59. The fourth-order valence-electron chi connectivity index (χ4n) is 4.59. The Labute approximate surface area is 85.9 Å². The van der Waals surface area contributed by atoms with Crippen molar-refractivity contribution in [2.45, 2.75) is 57.1 Å². The van der Waals surface area contributed by atoms with Crippen LogP contribution in [-0.4, -0.2) is 17.3 Å². The van der Waals surface area contributed by atoms with Gasteiger partial charge in [0.1, 0.15) is 0 Å². The van der Waals surface area contributed by atoms with Gasteiger partial charge in [-0.1, -0.05) is 6.42 Å². The quantitative estimate of drug-likeness (QED) is 0.617. The van der Waals surface area contributed by atoms with Gasteiger partial charge in [-0.2, -0.15) is 0 Å². The van der Waals surface area contributed by atoms with Gasteiger partial charge in [-0.05, 0) is 55.8 Å². The van der Waals surface area contributed by atoms with E-state index in [2.05, 4.69) is 0 Å². The molecule has 80 valence electrons. The molecule has 2 nitrogen and oxygen atoms in total. The molecule has 2 heteroatoms. The number of hydrogen-bond donors (Lipinski definition) is 2. The Kier molecular flexibility index (Phi) is 1.94. The summed E-state index contributed by atoms with van der Waals surface area (Å²) in [4.78, 5) is 0. The standard InChI is InChI=1S/C12H21NO/c13-11-8-3-4-9(6-8)12(11)5-1-2-10(14)7-12/h8-11,14H,1-7,13H2/t8-,9+,10?,11-,12?/m1/s1. The highest BCUT2D eigenvalue weighted by molar-refractivity contribution is 5.10. The molecule has 3 N–H and O–H groups in total. The third-order valence-corrected chi connectivity index (χ3v) is 5.25. The lowest BCUT2D eigenvalue weighted by molar-refractivity contribution is -0.00106. The predicted molar refractivity (Wildman–Crippen MR) is 55.7 cm³/mol. The molecule has 3 fully saturated rings. The highest BCUT2D eigenvalue weighted by atomic mass is 16.3. The van der Waals surface area contributed by atoms with Crippen molar-refractivity contribution >= 4 is 0 Å². The minimum absolute atomic E-state index is 0.0610. The van der Waals surface area contributed by atoms with Gasteiger partial charge in [0.25, 0.3) is 0 Å². The number of aliphatic hydroxyl groups excluding tert-OH is 1. The van der Waals surface area contributed by atoms with Crippen LogP contribution in [0.2, 0.25) is 0 Å². The van der Waals surface area contributed by atoms with Crippen molar-refractivity contribution in [3.05, 3.63) is 0 Å². The van der Waals surface area contributed by atoms with E-state index in [0.29, 0.717) is 11.5 Å². The van der Waals surface area contributed by atoms with E-state index in [1.54, 1.807) is 0 Å².